The number of amides is 2. The van der Waals surface area contributed by atoms with Crippen molar-refractivity contribution in [3.63, 3.8) is 0 Å². The summed E-state index contributed by atoms with van der Waals surface area (Å²) < 4.78 is 0. The Morgan fingerprint density at radius 1 is 0.844 bits per heavy atom. The number of hydrogen-bond donors (Lipinski definition) is 2. The molecule has 1 aromatic heterocycles. The SMILES string of the molecule is CC(=O)N1CCC(Nc2cc(C(=O)N3CC[C@@H](N4CCc5ccccc5C4)[C@H](O)C3)nc(N3CCCc4ccccc43)n2)CC1. The van der Waals surface area contributed by atoms with Crippen molar-refractivity contribution in [3.05, 3.63) is 77.0 Å². The Morgan fingerprint density at radius 2 is 1.58 bits per heavy atom. The van der Waals surface area contributed by atoms with Crippen molar-refractivity contribution in [2.24, 2.45) is 0 Å². The lowest BCUT2D eigenvalue weighted by molar-refractivity contribution is -0.129. The lowest BCUT2D eigenvalue weighted by Gasteiger charge is -2.43. The average molecular weight is 610 g/mol. The number of aromatic nitrogens is 2. The molecule has 2 saturated heterocycles. The molecule has 2 aromatic carbocycles. The van der Waals surface area contributed by atoms with E-state index >= 15 is 0 Å². The summed E-state index contributed by atoms with van der Waals surface area (Å²) in [7, 11) is 0. The number of β-amino-alcohol motifs (C(OH)–C–C–N with tert-alkyl or cyclic N) is 1. The van der Waals surface area contributed by atoms with Crippen LogP contribution >= 0.6 is 0 Å². The summed E-state index contributed by atoms with van der Waals surface area (Å²) >= 11 is 0. The monoisotopic (exact) mass is 609 g/mol. The molecule has 4 aliphatic rings. The summed E-state index contributed by atoms with van der Waals surface area (Å²) in [5, 5.41) is 14.9. The summed E-state index contributed by atoms with van der Waals surface area (Å²) in [6, 6.07) is 18.8. The highest BCUT2D eigenvalue weighted by atomic mass is 16.3. The molecule has 0 unspecified atom stereocenters. The number of likely N-dealkylation sites (tertiary alicyclic amines) is 2. The van der Waals surface area contributed by atoms with Crippen molar-refractivity contribution in [2.45, 2.75) is 70.2 Å². The third-order valence-electron chi connectivity index (χ3n) is 10.0. The number of fused-ring (bicyclic) bond motifs is 2. The summed E-state index contributed by atoms with van der Waals surface area (Å²) in [6.07, 6.45) is 4.67. The van der Waals surface area contributed by atoms with E-state index in [9.17, 15) is 14.7 Å². The van der Waals surface area contributed by atoms with Crippen molar-refractivity contribution < 1.29 is 14.7 Å². The zero-order valence-corrected chi connectivity index (χ0v) is 26.1. The predicted octanol–water partition coefficient (Wildman–Crippen LogP) is 3.62. The third kappa shape index (κ3) is 6.26. The van der Waals surface area contributed by atoms with E-state index in [2.05, 4.69) is 57.6 Å². The second kappa shape index (κ2) is 12.8. The van der Waals surface area contributed by atoms with Crippen molar-refractivity contribution in [3.8, 4) is 0 Å². The normalized spacial score (nSPS) is 22.5. The fourth-order valence-electron chi connectivity index (χ4n) is 7.52. The number of hydrogen-bond acceptors (Lipinski definition) is 8. The molecule has 0 bridgehead atoms. The van der Waals surface area contributed by atoms with E-state index in [0.717, 1.165) is 57.4 Å². The second-order valence-electron chi connectivity index (χ2n) is 12.9. The Bertz CT molecular complexity index is 1560. The highest BCUT2D eigenvalue weighted by Gasteiger charge is 2.36. The number of aliphatic hydroxyl groups excluding tert-OH is 1. The lowest BCUT2D eigenvalue weighted by Crippen LogP contribution is -2.56. The second-order valence-corrected chi connectivity index (χ2v) is 12.9. The molecule has 0 radical (unpaired) electrons. The minimum atomic E-state index is -0.632. The van der Waals surface area contributed by atoms with Crippen molar-refractivity contribution in [1.82, 2.24) is 24.7 Å². The summed E-state index contributed by atoms with van der Waals surface area (Å²) in [5.74, 6) is 1.06. The topological polar surface area (TPSA) is 105 Å². The number of carbonyl (C=O) groups is 2. The first-order valence-corrected chi connectivity index (χ1v) is 16.5. The molecule has 7 rings (SSSR count). The average Bonchev–Trinajstić information content (AvgIpc) is 3.07. The van der Waals surface area contributed by atoms with Gasteiger partial charge in [-0.1, -0.05) is 42.5 Å². The van der Waals surface area contributed by atoms with Crippen LogP contribution < -0.4 is 10.2 Å². The van der Waals surface area contributed by atoms with Crippen LogP contribution in [0.3, 0.4) is 0 Å². The third-order valence-corrected chi connectivity index (χ3v) is 10.0. The fraction of sp³-hybridized carbons (Fsp3) is 0.486. The van der Waals surface area contributed by atoms with Crippen LogP contribution in [-0.2, 0) is 24.2 Å². The zero-order valence-electron chi connectivity index (χ0n) is 26.1. The Balaban J connectivity index is 1.11. The van der Waals surface area contributed by atoms with Gasteiger partial charge in [-0.25, -0.2) is 4.98 Å². The molecule has 10 heteroatoms. The van der Waals surface area contributed by atoms with Gasteiger partial charge in [0.05, 0.1) is 6.10 Å². The molecule has 0 aliphatic carbocycles. The van der Waals surface area contributed by atoms with Crippen LogP contribution in [0.1, 0.15) is 59.8 Å². The molecule has 0 saturated carbocycles. The maximum atomic E-state index is 14.1. The van der Waals surface area contributed by atoms with Crippen LogP contribution in [0.5, 0.6) is 0 Å². The molecule has 236 valence electrons. The van der Waals surface area contributed by atoms with E-state index in [0.29, 0.717) is 43.5 Å². The standard InChI is InChI=1S/C35H43N7O3/c1-24(43)39-18-13-28(14-19-39)36-33-21-29(37-35(38-33)42-16-6-10-26-8-4-5-11-30(26)42)34(45)41-20-15-31(32(44)23-41)40-17-12-25-7-2-3-9-27(25)22-40/h2-5,7-9,11,21,28,31-32,44H,6,10,12-20,22-23H2,1H3,(H,36,37,38)/t31-,32-/m1/s1. The minimum absolute atomic E-state index is 0.0197. The fourth-order valence-corrected chi connectivity index (χ4v) is 7.52. The van der Waals surface area contributed by atoms with Gasteiger partial charge < -0.3 is 25.1 Å². The van der Waals surface area contributed by atoms with Gasteiger partial charge in [-0.3, -0.25) is 14.5 Å². The molecule has 5 heterocycles. The van der Waals surface area contributed by atoms with Gasteiger partial charge in [0.1, 0.15) is 11.5 Å². The number of anilines is 3. The molecule has 4 aliphatic heterocycles. The Hall–Kier alpha value is -4.02. The number of nitrogens with zero attached hydrogens (tertiary/aromatic N) is 6. The first-order chi connectivity index (χ1) is 21.9. The number of para-hydroxylation sites is 1. The molecular weight excluding hydrogens is 566 g/mol. The quantitative estimate of drug-likeness (QED) is 0.452. The summed E-state index contributed by atoms with van der Waals surface area (Å²) in [5.41, 5.74) is 5.38. The zero-order chi connectivity index (χ0) is 30.9. The van der Waals surface area contributed by atoms with Crippen LogP contribution in [0.4, 0.5) is 17.5 Å². The first kappa shape index (κ1) is 29.7. The highest BCUT2D eigenvalue weighted by Crippen LogP contribution is 2.33. The van der Waals surface area contributed by atoms with Gasteiger partial charge in [-0.15, -0.1) is 0 Å². The van der Waals surface area contributed by atoms with Gasteiger partial charge in [0.2, 0.25) is 11.9 Å². The number of rotatable bonds is 5. The Morgan fingerprint density at radius 3 is 2.36 bits per heavy atom. The van der Waals surface area contributed by atoms with Crippen molar-refractivity contribution in [2.75, 3.05) is 49.5 Å². The summed E-state index contributed by atoms with van der Waals surface area (Å²) in [4.78, 5) is 43.8. The van der Waals surface area contributed by atoms with Crippen LogP contribution in [0.2, 0.25) is 0 Å². The van der Waals surface area contributed by atoms with Crippen molar-refractivity contribution >= 4 is 29.3 Å². The van der Waals surface area contributed by atoms with Gasteiger partial charge in [0.25, 0.3) is 5.91 Å². The number of aliphatic hydroxyl groups is 1. The van der Waals surface area contributed by atoms with E-state index in [1.807, 2.05) is 11.0 Å². The van der Waals surface area contributed by atoms with E-state index in [4.69, 9.17) is 9.97 Å². The molecular formula is C35H43N7O3. The molecule has 45 heavy (non-hydrogen) atoms. The molecule has 2 atom stereocenters. The van der Waals surface area contributed by atoms with Gasteiger partial charge >= 0.3 is 0 Å². The van der Waals surface area contributed by atoms with Gasteiger partial charge in [0, 0.05) is 76.6 Å². The van der Waals surface area contributed by atoms with Crippen LogP contribution in [0, 0.1) is 0 Å². The Kier molecular flexibility index (Phi) is 8.42. The van der Waals surface area contributed by atoms with Gasteiger partial charge in [-0.05, 0) is 61.3 Å². The number of carbonyl (C=O) groups excluding carboxylic acids is 2. The summed E-state index contributed by atoms with van der Waals surface area (Å²) in [6.45, 7) is 6.38. The number of aryl methyl sites for hydroxylation is 1. The largest absolute Gasteiger partial charge is 0.390 e. The molecule has 2 fully saturated rings. The smallest absolute Gasteiger partial charge is 0.272 e. The van der Waals surface area contributed by atoms with Gasteiger partial charge in [-0.2, -0.15) is 4.98 Å². The van der Waals surface area contributed by atoms with Crippen LogP contribution in [0.15, 0.2) is 54.6 Å². The number of nitrogens with one attached hydrogen (secondary N) is 1. The predicted molar refractivity (Wildman–Crippen MR) is 174 cm³/mol. The van der Waals surface area contributed by atoms with Gasteiger partial charge in [0.15, 0.2) is 0 Å². The minimum Gasteiger partial charge on any atom is -0.390 e. The lowest BCUT2D eigenvalue weighted by atomic mass is 9.94. The maximum Gasteiger partial charge on any atom is 0.272 e. The van der Waals surface area contributed by atoms with E-state index in [1.54, 1.807) is 17.9 Å². The maximum absolute atomic E-state index is 14.1. The van der Waals surface area contributed by atoms with E-state index in [-0.39, 0.29) is 30.4 Å². The molecule has 3 aromatic rings. The molecule has 10 nitrogen and oxygen atoms in total. The molecule has 2 amide bonds. The van der Waals surface area contributed by atoms with Crippen molar-refractivity contribution in [1.29, 1.82) is 0 Å². The van der Waals surface area contributed by atoms with Crippen LogP contribution in [-0.4, -0.2) is 99.0 Å². The van der Waals surface area contributed by atoms with Crippen LogP contribution in [0.25, 0.3) is 0 Å². The number of benzene rings is 2. The molecule has 2 N–H and O–H groups in total. The molecule has 0 spiro atoms. The number of piperidine rings is 2. The Labute approximate surface area is 265 Å². The highest BCUT2D eigenvalue weighted by molar-refractivity contribution is 5.93. The van der Waals surface area contributed by atoms with E-state index < -0.39 is 6.10 Å². The first-order valence-electron chi connectivity index (χ1n) is 16.5. The van der Waals surface area contributed by atoms with E-state index in [1.165, 1.54) is 16.7 Å².